The van der Waals surface area contributed by atoms with Gasteiger partial charge in [0, 0.05) is 0 Å². The molecular weight excluding hydrogens is 376 g/mol. The summed E-state index contributed by atoms with van der Waals surface area (Å²) in [6.45, 7) is 3.66. The van der Waals surface area contributed by atoms with Crippen molar-refractivity contribution in [2.24, 2.45) is 0 Å². The molecule has 1 rings (SSSR count). The zero-order valence-electron chi connectivity index (χ0n) is 13.4. The van der Waals surface area contributed by atoms with Crippen molar-refractivity contribution in [3.05, 3.63) is 29.1 Å². The van der Waals surface area contributed by atoms with Gasteiger partial charge in [-0.05, 0) is 20.8 Å². The molecule has 0 amide bonds. The first-order valence-corrected chi connectivity index (χ1v) is 8.52. The summed E-state index contributed by atoms with van der Waals surface area (Å²) in [5.41, 5.74) is 0. The Bertz CT molecular complexity index is 673. The van der Waals surface area contributed by atoms with Crippen LogP contribution < -0.4 is 9.61 Å². The number of esters is 1. The number of carbonyl (C=O) groups is 1. The van der Waals surface area contributed by atoms with Crippen molar-refractivity contribution in [2.45, 2.75) is 26.8 Å². The van der Waals surface area contributed by atoms with Crippen LogP contribution in [0.2, 0.25) is 0 Å². The molecule has 0 aliphatic carbocycles. The highest BCUT2D eigenvalue weighted by Gasteiger charge is 2.36. The summed E-state index contributed by atoms with van der Waals surface area (Å²) in [6.07, 6.45) is 0. The van der Waals surface area contributed by atoms with Gasteiger partial charge in [0.25, 0.3) is 0 Å². The molecule has 12 heteroatoms. The summed E-state index contributed by atoms with van der Waals surface area (Å²) < 4.78 is 92.9. The van der Waals surface area contributed by atoms with Crippen molar-refractivity contribution < 1.29 is 45.1 Å². The minimum Gasteiger partial charge on any atom is -0.465 e. The molecule has 25 heavy (non-hydrogen) atoms. The Morgan fingerprint density at radius 2 is 1.48 bits per heavy atom. The van der Waals surface area contributed by atoms with Crippen molar-refractivity contribution in [1.29, 1.82) is 0 Å². The fourth-order valence-corrected chi connectivity index (χ4v) is 3.10. The van der Waals surface area contributed by atoms with E-state index < -0.39 is 54.6 Å². The number of hydrogen-bond acceptors (Lipinski definition) is 5. The van der Waals surface area contributed by atoms with Gasteiger partial charge in [0.2, 0.25) is 34.8 Å². The second kappa shape index (κ2) is 8.59. The van der Waals surface area contributed by atoms with Crippen molar-refractivity contribution in [2.75, 3.05) is 13.2 Å². The summed E-state index contributed by atoms with van der Waals surface area (Å²) in [5.74, 6) is -14.3. The summed E-state index contributed by atoms with van der Waals surface area (Å²) in [7, 11) is -4.67. The van der Waals surface area contributed by atoms with E-state index in [4.69, 9.17) is 4.52 Å². The molecule has 1 unspecified atom stereocenters. The van der Waals surface area contributed by atoms with Crippen LogP contribution in [0.15, 0.2) is 0 Å². The summed E-state index contributed by atoms with van der Waals surface area (Å²) >= 11 is 0. The standard InChI is InChI=1S/C13H15F5NO5P/c1-4-22-13(20)6(3)19-25(21,23-5-2)24-12-10(17)8(15)7(14)9(16)11(12)18/h6H,4-5H2,1-3H3,(H,19,21)/t6-,25?/m0/s1. The minimum atomic E-state index is -4.67. The van der Waals surface area contributed by atoms with Crippen molar-refractivity contribution in [1.82, 2.24) is 5.09 Å². The van der Waals surface area contributed by atoms with Crippen molar-refractivity contribution in [3.8, 4) is 5.75 Å². The Labute approximate surface area is 139 Å². The fourth-order valence-electron chi connectivity index (χ4n) is 1.60. The predicted molar refractivity (Wildman–Crippen MR) is 75.3 cm³/mol. The van der Waals surface area contributed by atoms with Crippen LogP contribution in [-0.4, -0.2) is 25.2 Å². The minimum absolute atomic E-state index is 0.0116. The lowest BCUT2D eigenvalue weighted by atomic mass is 10.3. The first-order chi connectivity index (χ1) is 11.6. The van der Waals surface area contributed by atoms with Crippen LogP contribution in [0.1, 0.15) is 20.8 Å². The average Bonchev–Trinajstić information content (AvgIpc) is 2.55. The van der Waals surface area contributed by atoms with E-state index in [-0.39, 0.29) is 13.2 Å². The summed E-state index contributed by atoms with van der Waals surface area (Å²) in [6, 6.07) is -1.32. The zero-order chi connectivity index (χ0) is 19.4. The second-order valence-corrected chi connectivity index (χ2v) is 6.20. The Hall–Kier alpha value is -1.71. The highest BCUT2D eigenvalue weighted by Crippen LogP contribution is 2.47. The number of ether oxygens (including phenoxy) is 1. The molecule has 142 valence electrons. The molecule has 1 N–H and O–H groups in total. The molecule has 0 aliphatic heterocycles. The molecule has 0 aromatic heterocycles. The summed E-state index contributed by atoms with van der Waals surface area (Å²) in [4.78, 5) is 11.5. The number of rotatable bonds is 8. The monoisotopic (exact) mass is 391 g/mol. The van der Waals surface area contributed by atoms with E-state index >= 15 is 0 Å². The maximum Gasteiger partial charge on any atom is 0.459 e. The van der Waals surface area contributed by atoms with Crippen LogP contribution >= 0.6 is 7.75 Å². The lowest BCUT2D eigenvalue weighted by Gasteiger charge is -2.22. The van der Waals surface area contributed by atoms with Gasteiger partial charge in [-0.3, -0.25) is 9.32 Å². The van der Waals surface area contributed by atoms with Crippen LogP contribution in [0.25, 0.3) is 0 Å². The van der Waals surface area contributed by atoms with Crippen LogP contribution in [-0.2, 0) is 18.6 Å². The van der Waals surface area contributed by atoms with Crippen LogP contribution in [0, 0.1) is 29.1 Å². The third-order valence-corrected chi connectivity index (χ3v) is 4.40. The molecule has 0 radical (unpaired) electrons. The molecule has 0 saturated carbocycles. The van der Waals surface area contributed by atoms with Gasteiger partial charge in [0.05, 0.1) is 13.2 Å². The van der Waals surface area contributed by atoms with Gasteiger partial charge in [-0.25, -0.2) is 17.7 Å². The second-order valence-electron chi connectivity index (χ2n) is 4.51. The van der Waals surface area contributed by atoms with Crippen LogP contribution in [0.3, 0.4) is 0 Å². The maximum atomic E-state index is 13.6. The van der Waals surface area contributed by atoms with Crippen LogP contribution in [0.5, 0.6) is 5.75 Å². The largest absolute Gasteiger partial charge is 0.465 e. The molecule has 0 spiro atoms. The highest BCUT2D eigenvalue weighted by atomic mass is 31.2. The van der Waals surface area contributed by atoms with E-state index in [1.807, 2.05) is 5.09 Å². The molecule has 1 aromatic rings. The Morgan fingerprint density at radius 1 is 1.00 bits per heavy atom. The van der Waals surface area contributed by atoms with Gasteiger partial charge >= 0.3 is 13.7 Å². The number of nitrogens with one attached hydrogen (secondary N) is 1. The molecule has 1 aromatic carbocycles. The maximum absolute atomic E-state index is 13.6. The Morgan fingerprint density at radius 3 is 1.92 bits per heavy atom. The number of hydrogen-bond donors (Lipinski definition) is 1. The summed E-state index contributed by atoms with van der Waals surface area (Å²) in [5, 5.41) is 2.00. The zero-order valence-corrected chi connectivity index (χ0v) is 14.3. The van der Waals surface area contributed by atoms with Gasteiger partial charge in [-0.1, -0.05) is 0 Å². The quantitative estimate of drug-likeness (QED) is 0.241. The molecule has 0 heterocycles. The van der Waals surface area contributed by atoms with E-state index in [1.54, 1.807) is 0 Å². The van der Waals surface area contributed by atoms with E-state index in [1.165, 1.54) is 20.8 Å². The lowest BCUT2D eigenvalue weighted by molar-refractivity contribution is -0.144. The molecular formula is C13H15F5NO5P. The topological polar surface area (TPSA) is 73.9 Å². The van der Waals surface area contributed by atoms with Crippen LogP contribution in [0.4, 0.5) is 22.0 Å². The molecule has 0 aliphatic rings. The smallest absolute Gasteiger partial charge is 0.459 e. The molecule has 2 atom stereocenters. The van der Waals surface area contributed by atoms with E-state index in [9.17, 15) is 31.3 Å². The van der Waals surface area contributed by atoms with Crippen molar-refractivity contribution >= 4 is 13.7 Å². The van der Waals surface area contributed by atoms with Gasteiger partial charge in [0.15, 0.2) is 0 Å². The average molecular weight is 391 g/mol. The highest BCUT2D eigenvalue weighted by molar-refractivity contribution is 7.52. The van der Waals surface area contributed by atoms with E-state index in [0.717, 1.165) is 0 Å². The first-order valence-electron chi connectivity index (χ1n) is 6.97. The SMILES string of the molecule is CCOC(=O)[C@H](C)NP(=O)(OCC)Oc1c(F)c(F)c(F)c(F)c1F. The van der Waals surface area contributed by atoms with Gasteiger partial charge in [-0.2, -0.15) is 13.9 Å². The Kier molecular flexibility index (Phi) is 7.33. The lowest BCUT2D eigenvalue weighted by Crippen LogP contribution is -2.35. The fraction of sp³-hybridized carbons (Fsp3) is 0.462. The van der Waals surface area contributed by atoms with Gasteiger partial charge in [0.1, 0.15) is 6.04 Å². The van der Waals surface area contributed by atoms with Gasteiger partial charge in [-0.15, -0.1) is 0 Å². The molecule has 0 saturated heterocycles. The molecule has 0 bridgehead atoms. The Balaban J connectivity index is 3.22. The van der Waals surface area contributed by atoms with E-state index in [2.05, 4.69) is 9.26 Å². The van der Waals surface area contributed by atoms with E-state index in [0.29, 0.717) is 0 Å². The van der Waals surface area contributed by atoms with Gasteiger partial charge < -0.3 is 9.26 Å². The third kappa shape index (κ3) is 4.90. The third-order valence-electron chi connectivity index (χ3n) is 2.67. The number of halogens is 5. The normalized spacial score (nSPS) is 14.7. The first kappa shape index (κ1) is 21.3. The molecule has 6 nitrogen and oxygen atoms in total. The number of carbonyl (C=O) groups excluding carboxylic acids is 1. The predicted octanol–water partition coefficient (Wildman–Crippen LogP) is 3.45. The van der Waals surface area contributed by atoms with Crippen molar-refractivity contribution in [3.63, 3.8) is 0 Å². The number of benzene rings is 1. The molecule has 0 fully saturated rings.